The first-order valence-electron chi connectivity index (χ1n) is 22.2. The summed E-state index contributed by atoms with van der Waals surface area (Å²) in [6.07, 6.45) is 29.6. The Morgan fingerprint density at radius 2 is 0.962 bits per heavy atom. The third-order valence-electron chi connectivity index (χ3n) is 11.0. The lowest BCUT2D eigenvalue weighted by atomic mass is 9.99. The quantitative estimate of drug-likeness (QED) is 0.0346. The number of ether oxygens (including phenoxy) is 2. The lowest BCUT2D eigenvalue weighted by molar-refractivity contribution is -0.302. The maximum atomic E-state index is 12.9. The Balaban J connectivity index is 2.34. The molecule has 1 aliphatic rings. The van der Waals surface area contributed by atoms with Gasteiger partial charge in [0.1, 0.15) is 24.4 Å². The fourth-order valence-electron chi connectivity index (χ4n) is 7.34. The summed E-state index contributed by atoms with van der Waals surface area (Å²) in [5.41, 5.74) is 0. The average molecular weight is 744 g/mol. The van der Waals surface area contributed by atoms with Crippen LogP contribution in [-0.4, -0.2) is 87.5 Å². The Kier molecular flexibility index (Phi) is 32.8. The van der Waals surface area contributed by atoms with Gasteiger partial charge in [0, 0.05) is 6.42 Å². The van der Waals surface area contributed by atoms with E-state index in [-0.39, 0.29) is 12.5 Å². The number of carbonyl (C=O) groups excluding carboxylic acids is 1. The second-order valence-electron chi connectivity index (χ2n) is 15.9. The number of nitrogens with one attached hydrogen (secondary N) is 1. The highest BCUT2D eigenvalue weighted by molar-refractivity contribution is 5.76. The van der Waals surface area contributed by atoms with Crippen LogP contribution in [0.5, 0.6) is 0 Å². The summed E-state index contributed by atoms with van der Waals surface area (Å²) in [6.45, 7) is 3.84. The summed E-state index contributed by atoms with van der Waals surface area (Å²) in [5.74, 6) is -0.142. The van der Waals surface area contributed by atoms with Crippen LogP contribution in [0.4, 0.5) is 0 Å². The number of aliphatic hydroxyl groups excluding tert-OH is 5. The maximum Gasteiger partial charge on any atom is 0.220 e. The van der Waals surface area contributed by atoms with E-state index in [4.69, 9.17) is 9.47 Å². The number of aliphatic hydroxyl groups is 5. The Morgan fingerprint density at radius 1 is 0.577 bits per heavy atom. The van der Waals surface area contributed by atoms with E-state index in [1.807, 2.05) is 0 Å². The van der Waals surface area contributed by atoms with E-state index in [9.17, 15) is 30.3 Å². The second kappa shape index (κ2) is 34.7. The zero-order chi connectivity index (χ0) is 38.1. The van der Waals surface area contributed by atoms with E-state index in [0.717, 1.165) is 38.5 Å². The number of carbonyl (C=O) groups is 1. The molecule has 310 valence electrons. The molecule has 1 fully saturated rings. The van der Waals surface area contributed by atoms with Gasteiger partial charge in [-0.2, -0.15) is 0 Å². The van der Waals surface area contributed by atoms with Crippen molar-refractivity contribution in [3.8, 4) is 0 Å². The van der Waals surface area contributed by atoms with Crippen LogP contribution in [0.25, 0.3) is 0 Å². The molecule has 6 N–H and O–H groups in total. The molecule has 1 heterocycles. The van der Waals surface area contributed by atoms with Crippen molar-refractivity contribution in [3.05, 3.63) is 0 Å². The molecule has 2 unspecified atom stereocenters. The molecule has 9 nitrogen and oxygen atoms in total. The predicted molar refractivity (Wildman–Crippen MR) is 212 cm³/mol. The van der Waals surface area contributed by atoms with Crippen molar-refractivity contribution in [1.82, 2.24) is 5.32 Å². The summed E-state index contributed by atoms with van der Waals surface area (Å²) in [7, 11) is 0. The highest BCUT2D eigenvalue weighted by atomic mass is 16.7. The van der Waals surface area contributed by atoms with Crippen LogP contribution in [0.1, 0.15) is 213 Å². The van der Waals surface area contributed by atoms with Crippen LogP contribution in [0, 0.1) is 0 Å². The first-order valence-corrected chi connectivity index (χ1v) is 22.2. The second-order valence-corrected chi connectivity index (χ2v) is 15.9. The molecule has 0 radical (unpaired) electrons. The van der Waals surface area contributed by atoms with Gasteiger partial charge in [-0.25, -0.2) is 0 Å². The predicted octanol–water partition coefficient (Wildman–Crippen LogP) is 8.78. The smallest absolute Gasteiger partial charge is 0.220 e. The van der Waals surface area contributed by atoms with Crippen LogP contribution >= 0.6 is 0 Å². The number of hydrogen-bond donors (Lipinski definition) is 6. The summed E-state index contributed by atoms with van der Waals surface area (Å²) in [4.78, 5) is 12.9. The van der Waals surface area contributed by atoms with Crippen molar-refractivity contribution >= 4 is 5.91 Å². The third kappa shape index (κ3) is 25.3. The third-order valence-corrected chi connectivity index (χ3v) is 11.0. The van der Waals surface area contributed by atoms with Gasteiger partial charge < -0.3 is 40.3 Å². The lowest BCUT2D eigenvalue weighted by Gasteiger charge is -2.40. The fraction of sp³-hybridized carbons (Fsp3) is 0.977. The van der Waals surface area contributed by atoms with Gasteiger partial charge in [-0.3, -0.25) is 4.79 Å². The van der Waals surface area contributed by atoms with Crippen molar-refractivity contribution in [1.29, 1.82) is 0 Å². The van der Waals surface area contributed by atoms with Crippen molar-refractivity contribution in [3.63, 3.8) is 0 Å². The molecule has 0 spiro atoms. The van der Waals surface area contributed by atoms with E-state index in [2.05, 4.69) is 19.2 Å². The summed E-state index contributed by atoms with van der Waals surface area (Å²) in [5, 5.41) is 54.3. The number of unbranched alkanes of at least 4 members (excludes halogenated alkanes) is 27. The molecule has 0 aromatic heterocycles. The van der Waals surface area contributed by atoms with Crippen molar-refractivity contribution < 1.29 is 39.8 Å². The summed E-state index contributed by atoms with van der Waals surface area (Å²) in [6, 6.07) is -0.710. The SMILES string of the molecule is CCCCCCCCCCCCCCCCCC(=O)N[C@@H](CO[C@H]1O[C@@H](CO)[C@H](O)C(O)C1O)[C@H](O)CCCCCCCCCCCCCCCC. The molecular formula is C43H85NO8. The van der Waals surface area contributed by atoms with Gasteiger partial charge in [0.15, 0.2) is 6.29 Å². The minimum absolute atomic E-state index is 0.132. The minimum atomic E-state index is -1.55. The highest BCUT2D eigenvalue weighted by Crippen LogP contribution is 2.23. The molecule has 0 saturated carbocycles. The normalized spacial score (nSPS) is 21.7. The number of rotatable bonds is 37. The molecule has 1 rings (SSSR count). The number of hydrogen-bond acceptors (Lipinski definition) is 8. The van der Waals surface area contributed by atoms with Gasteiger partial charge in [0.05, 0.1) is 25.4 Å². The molecule has 9 heteroatoms. The van der Waals surface area contributed by atoms with E-state index in [1.54, 1.807) is 0 Å². The lowest BCUT2D eigenvalue weighted by Crippen LogP contribution is -2.60. The summed E-state index contributed by atoms with van der Waals surface area (Å²) >= 11 is 0. The Morgan fingerprint density at radius 3 is 1.37 bits per heavy atom. The Bertz CT molecular complexity index is 786. The van der Waals surface area contributed by atoms with Gasteiger partial charge in [-0.1, -0.05) is 194 Å². The van der Waals surface area contributed by atoms with Gasteiger partial charge in [-0.05, 0) is 12.8 Å². The molecule has 0 aromatic carbocycles. The summed E-state index contributed by atoms with van der Waals surface area (Å²) < 4.78 is 11.2. The molecule has 0 aromatic rings. The standard InChI is InChI=1S/C43H85NO8/c1-3-5-7-9-11-13-15-17-19-21-23-25-27-29-31-33-39(47)44-36(35-51-43-42(50)41(49)40(48)38(34-45)52-43)37(46)32-30-28-26-24-22-20-18-16-14-12-10-8-6-4-2/h36-38,40-43,45-46,48-50H,3-35H2,1-2H3,(H,44,47)/t36-,37+,38-,40-,41?,42?,43-/m0/s1. The fourth-order valence-corrected chi connectivity index (χ4v) is 7.34. The van der Waals surface area contributed by atoms with E-state index >= 15 is 0 Å². The molecule has 52 heavy (non-hydrogen) atoms. The molecule has 7 atom stereocenters. The zero-order valence-electron chi connectivity index (χ0n) is 33.8. The van der Waals surface area contributed by atoms with Crippen LogP contribution in [0.15, 0.2) is 0 Å². The van der Waals surface area contributed by atoms with Crippen molar-refractivity contribution in [2.75, 3.05) is 13.2 Å². The first-order chi connectivity index (χ1) is 25.3. The first kappa shape index (κ1) is 49.2. The van der Waals surface area contributed by atoms with E-state index in [0.29, 0.717) is 12.8 Å². The van der Waals surface area contributed by atoms with Gasteiger partial charge in [0.25, 0.3) is 0 Å². The van der Waals surface area contributed by atoms with Gasteiger partial charge >= 0.3 is 0 Å². The molecule has 0 aliphatic carbocycles. The Labute approximate surface area is 319 Å². The van der Waals surface area contributed by atoms with Gasteiger partial charge in [0.2, 0.25) is 5.91 Å². The maximum absolute atomic E-state index is 12.9. The van der Waals surface area contributed by atoms with Crippen LogP contribution in [0.2, 0.25) is 0 Å². The molecule has 1 amide bonds. The number of amides is 1. The largest absolute Gasteiger partial charge is 0.394 e. The van der Waals surface area contributed by atoms with Crippen LogP contribution in [0.3, 0.4) is 0 Å². The highest BCUT2D eigenvalue weighted by Gasteiger charge is 2.44. The van der Waals surface area contributed by atoms with Gasteiger partial charge in [-0.15, -0.1) is 0 Å². The monoisotopic (exact) mass is 744 g/mol. The van der Waals surface area contributed by atoms with Crippen LogP contribution < -0.4 is 5.32 Å². The molecule has 0 bridgehead atoms. The van der Waals surface area contributed by atoms with E-state index < -0.39 is 49.5 Å². The Hall–Kier alpha value is -0.810. The topological polar surface area (TPSA) is 149 Å². The minimum Gasteiger partial charge on any atom is -0.394 e. The zero-order valence-corrected chi connectivity index (χ0v) is 33.8. The average Bonchev–Trinajstić information content (AvgIpc) is 3.14. The molecule has 1 aliphatic heterocycles. The molecular weight excluding hydrogens is 658 g/mol. The van der Waals surface area contributed by atoms with Crippen molar-refractivity contribution in [2.24, 2.45) is 0 Å². The van der Waals surface area contributed by atoms with E-state index in [1.165, 1.54) is 148 Å². The molecule has 1 saturated heterocycles. The van der Waals surface area contributed by atoms with Crippen molar-refractivity contribution in [2.45, 2.75) is 256 Å². The van der Waals surface area contributed by atoms with Crippen LogP contribution in [-0.2, 0) is 14.3 Å².